The highest BCUT2D eigenvalue weighted by Gasteiger charge is 2.40. The number of fused-ring (bicyclic) bond motifs is 1. The lowest BCUT2D eigenvalue weighted by atomic mass is 9.81. The van der Waals surface area contributed by atoms with Crippen LogP contribution in [0.15, 0.2) is 23.1 Å². The first-order valence-corrected chi connectivity index (χ1v) is 9.22. The van der Waals surface area contributed by atoms with Gasteiger partial charge in [-0.15, -0.1) is 12.4 Å². The van der Waals surface area contributed by atoms with Crippen molar-refractivity contribution in [3.63, 3.8) is 0 Å². The molecule has 9 heteroatoms. The Bertz CT molecular complexity index is 838. The van der Waals surface area contributed by atoms with Crippen LogP contribution in [0.5, 0.6) is 0 Å². The number of benzene rings is 1. The van der Waals surface area contributed by atoms with E-state index in [0.717, 1.165) is 4.90 Å². The van der Waals surface area contributed by atoms with Crippen molar-refractivity contribution in [3.8, 4) is 0 Å². The zero-order valence-electron chi connectivity index (χ0n) is 14.4. The third-order valence-corrected chi connectivity index (χ3v) is 6.82. The van der Waals surface area contributed by atoms with Crippen LogP contribution in [0, 0.1) is 5.41 Å². The Hall–Kier alpha value is -1.48. The minimum absolute atomic E-state index is 0. The summed E-state index contributed by atoms with van der Waals surface area (Å²) in [5, 5.41) is 0. The van der Waals surface area contributed by atoms with Crippen LogP contribution in [0.3, 0.4) is 0 Å². The van der Waals surface area contributed by atoms with E-state index in [1.165, 1.54) is 29.6 Å². The Morgan fingerprint density at radius 1 is 1.16 bits per heavy atom. The Balaban J connectivity index is 0.00000225. The number of carbonyl (C=O) groups is 2. The van der Waals surface area contributed by atoms with Gasteiger partial charge in [-0.1, -0.05) is 13.8 Å². The van der Waals surface area contributed by atoms with E-state index in [0.29, 0.717) is 19.5 Å². The Morgan fingerprint density at radius 2 is 1.76 bits per heavy atom. The maximum absolute atomic E-state index is 12.9. The van der Waals surface area contributed by atoms with Crippen molar-refractivity contribution in [2.45, 2.75) is 31.2 Å². The van der Waals surface area contributed by atoms with Gasteiger partial charge in [0.15, 0.2) is 0 Å². The molecule has 0 radical (unpaired) electrons. The number of nitrogens with zero attached hydrogens (tertiary/aromatic N) is 2. The number of nitrogens with two attached hydrogens (primary N) is 1. The van der Waals surface area contributed by atoms with Crippen molar-refractivity contribution in [2.24, 2.45) is 11.1 Å². The molecule has 138 valence electrons. The first kappa shape index (κ1) is 19.8. The van der Waals surface area contributed by atoms with Crippen molar-refractivity contribution < 1.29 is 18.0 Å². The standard InChI is InChI=1S/C16H21N3O4S.ClH/c1-16(2)9-19(7-6-13(16)17)24(22,23)10-4-5-11-12(8-10)15(21)18(3)14(11)20;/h4-5,8,13H,6-7,9,17H2,1-3H3;1H. The second kappa shape index (κ2) is 6.35. The van der Waals surface area contributed by atoms with Crippen LogP contribution in [-0.4, -0.2) is 55.6 Å². The van der Waals surface area contributed by atoms with Crippen LogP contribution < -0.4 is 5.73 Å². The van der Waals surface area contributed by atoms with E-state index in [2.05, 4.69) is 0 Å². The molecule has 2 aliphatic rings. The van der Waals surface area contributed by atoms with Gasteiger partial charge < -0.3 is 5.73 Å². The molecule has 7 nitrogen and oxygen atoms in total. The second-order valence-corrected chi connectivity index (χ2v) is 9.04. The molecule has 1 saturated heterocycles. The molecule has 1 fully saturated rings. The van der Waals surface area contributed by atoms with Gasteiger partial charge in [0.25, 0.3) is 11.8 Å². The number of hydrogen-bond donors (Lipinski definition) is 1. The third-order valence-electron chi connectivity index (χ3n) is 4.98. The number of carbonyl (C=O) groups excluding carboxylic acids is 2. The number of halogens is 1. The summed E-state index contributed by atoms with van der Waals surface area (Å²) in [6, 6.07) is 4.04. The molecular weight excluding hydrogens is 366 g/mol. The summed E-state index contributed by atoms with van der Waals surface area (Å²) in [7, 11) is -2.36. The van der Waals surface area contributed by atoms with E-state index >= 15 is 0 Å². The van der Waals surface area contributed by atoms with Gasteiger partial charge in [-0.2, -0.15) is 4.31 Å². The minimum atomic E-state index is -3.74. The van der Waals surface area contributed by atoms with Gasteiger partial charge in [0.1, 0.15) is 0 Å². The number of hydrogen-bond acceptors (Lipinski definition) is 5. The van der Waals surface area contributed by atoms with E-state index in [4.69, 9.17) is 5.73 Å². The lowest BCUT2D eigenvalue weighted by molar-refractivity contribution is 0.0693. The van der Waals surface area contributed by atoms with Crippen molar-refractivity contribution in [2.75, 3.05) is 20.1 Å². The average molecular weight is 388 g/mol. The van der Waals surface area contributed by atoms with E-state index < -0.39 is 21.8 Å². The number of sulfonamides is 1. The van der Waals surface area contributed by atoms with Crippen molar-refractivity contribution in [1.29, 1.82) is 0 Å². The molecule has 1 aromatic carbocycles. The molecule has 0 aliphatic carbocycles. The van der Waals surface area contributed by atoms with Gasteiger partial charge in [-0.25, -0.2) is 8.42 Å². The molecule has 3 rings (SSSR count). The average Bonchev–Trinajstić information content (AvgIpc) is 2.74. The first-order valence-electron chi connectivity index (χ1n) is 7.78. The number of rotatable bonds is 2. The molecule has 0 spiro atoms. The highest BCUT2D eigenvalue weighted by Crippen LogP contribution is 2.32. The predicted molar refractivity (Wildman–Crippen MR) is 95.2 cm³/mol. The molecule has 0 saturated carbocycles. The van der Waals surface area contributed by atoms with Crippen molar-refractivity contribution in [1.82, 2.24) is 9.21 Å². The van der Waals surface area contributed by atoms with E-state index in [1.54, 1.807) is 0 Å². The Kier molecular flexibility index (Phi) is 5.04. The van der Waals surface area contributed by atoms with Crippen LogP contribution in [0.1, 0.15) is 41.0 Å². The van der Waals surface area contributed by atoms with Gasteiger partial charge in [0.2, 0.25) is 10.0 Å². The van der Waals surface area contributed by atoms with Gasteiger partial charge in [-0.05, 0) is 30.0 Å². The highest BCUT2D eigenvalue weighted by molar-refractivity contribution is 7.89. The van der Waals surface area contributed by atoms with E-state index in [-0.39, 0.29) is 39.9 Å². The quantitative estimate of drug-likeness (QED) is 0.765. The van der Waals surface area contributed by atoms with Crippen molar-refractivity contribution in [3.05, 3.63) is 29.3 Å². The van der Waals surface area contributed by atoms with Crippen LogP contribution in [0.4, 0.5) is 0 Å². The van der Waals surface area contributed by atoms with Crippen molar-refractivity contribution >= 4 is 34.2 Å². The monoisotopic (exact) mass is 387 g/mol. The zero-order valence-corrected chi connectivity index (χ0v) is 16.0. The summed E-state index contributed by atoms with van der Waals surface area (Å²) in [6.45, 7) is 4.55. The van der Waals surface area contributed by atoms with Gasteiger partial charge in [0, 0.05) is 26.2 Å². The molecular formula is C16H22ClN3O4S. The molecule has 0 aromatic heterocycles. The molecule has 1 atom stereocenters. The lowest BCUT2D eigenvalue weighted by Gasteiger charge is -2.41. The van der Waals surface area contributed by atoms with Gasteiger partial charge in [0.05, 0.1) is 16.0 Å². The van der Waals surface area contributed by atoms with Crippen LogP contribution >= 0.6 is 12.4 Å². The van der Waals surface area contributed by atoms with Gasteiger partial charge in [-0.3, -0.25) is 14.5 Å². The highest BCUT2D eigenvalue weighted by atomic mass is 35.5. The molecule has 2 amide bonds. The molecule has 2 aliphatic heterocycles. The van der Waals surface area contributed by atoms with Crippen LogP contribution in [-0.2, 0) is 10.0 Å². The third kappa shape index (κ3) is 3.08. The normalized spacial score (nSPS) is 23.4. The maximum Gasteiger partial charge on any atom is 0.261 e. The summed E-state index contributed by atoms with van der Waals surface area (Å²) in [6.07, 6.45) is 0.581. The molecule has 1 unspecified atom stereocenters. The van der Waals surface area contributed by atoms with E-state index in [1.807, 2.05) is 13.8 Å². The number of amides is 2. The summed E-state index contributed by atoms with van der Waals surface area (Å²) in [4.78, 5) is 25.0. The second-order valence-electron chi connectivity index (χ2n) is 7.10. The fourth-order valence-electron chi connectivity index (χ4n) is 3.18. The first-order chi connectivity index (χ1) is 11.1. The molecule has 2 heterocycles. The number of piperidine rings is 1. The number of imide groups is 1. The minimum Gasteiger partial charge on any atom is -0.327 e. The smallest absolute Gasteiger partial charge is 0.261 e. The summed E-state index contributed by atoms with van der Waals surface area (Å²) in [5.41, 5.74) is 6.12. The maximum atomic E-state index is 12.9. The molecule has 2 N–H and O–H groups in total. The Morgan fingerprint density at radius 3 is 2.36 bits per heavy atom. The molecule has 1 aromatic rings. The van der Waals surface area contributed by atoms with Crippen LogP contribution in [0.25, 0.3) is 0 Å². The lowest BCUT2D eigenvalue weighted by Crippen LogP contribution is -2.53. The summed E-state index contributed by atoms with van der Waals surface area (Å²) >= 11 is 0. The predicted octanol–water partition coefficient (Wildman–Crippen LogP) is 1.08. The van der Waals surface area contributed by atoms with E-state index in [9.17, 15) is 18.0 Å². The van der Waals surface area contributed by atoms with Gasteiger partial charge >= 0.3 is 0 Å². The largest absolute Gasteiger partial charge is 0.327 e. The zero-order chi connectivity index (χ0) is 17.9. The van der Waals surface area contributed by atoms with Crippen LogP contribution in [0.2, 0.25) is 0 Å². The summed E-state index contributed by atoms with van der Waals surface area (Å²) in [5.74, 6) is -0.892. The summed E-state index contributed by atoms with van der Waals surface area (Å²) < 4.78 is 27.3. The SMILES string of the molecule is CN1C(=O)c2ccc(S(=O)(=O)N3CCC(N)C(C)(C)C3)cc2C1=O.Cl. The Labute approximate surface area is 153 Å². The fourth-order valence-corrected chi connectivity index (χ4v) is 4.83. The molecule has 25 heavy (non-hydrogen) atoms. The molecule has 0 bridgehead atoms. The fraction of sp³-hybridized carbons (Fsp3) is 0.500. The topological polar surface area (TPSA) is 101 Å².